The summed E-state index contributed by atoms with van der Waals surface area (Å²) in [5, 5.41) is 14.2. The van der Waals surface area contributed by atoms with Crippen molar-refractivity contribution in [3.05, 3.63) is 87.3 Å². The summed E-state index contributed by atoms with van der Waals surface area (Å²) in [5.41, 5.74) is 3.03. The Kier molecular flexibility index (Phi) is 8.17. The molecule has 7 heteroatoms. The second kappa shape index (κ2) is 11.3. The Morgan fingerprint density at radius 2 is 1.79 bits per heavy atom. The second-order valence-corrected chi connectivity index (χ2v) is 10.1. The van der Waals surface area contributed by atoms with Gasteiger partial charge in [0.25, 0.3) is 5.91 Å². The molecule has 0 spiro atoms. The van der Waals surface area contributed by atoms with E-state index in [0.29, 0.717) is 5.56 Å². The van der Waals surface area contributed by atoms with E-state index >= 15 is 0 Å². The highest BCUT2D eigenvalue weighted by atomic mass is 35.5. The van der Waals surface area contributed by atoms with Crippen molar-refractivity contribution in [1.29, 1.82) is 0 Å². The lowest BCUT2D eigenvalue weighted by Crippen LogP contribution is -3.28. The summed E-state index contributed by atoms with van der Waals surface area (Å²) in [6.45, 7) is 7.24. The molecule has 2 aromatic carbocycles. The molecule has 1 atom stereocenters. The number of amides is 1. The first kappa shape index (κ1) is 23.9. The minimum Gasteiger partial charge on any atom is -0.391 e. The highest BCUT2D eigenvalue weighted by Gasteiger charge is 2.34. The van der Waals surface area contributed by atoms with Gasteiger partial charge in [-0.05, 0) is 36.8 Å². The van der Waals surface area contributed by atoms with E-state index in [2.05, 4.69) is 30.4 Å². The van der Waals surface area contributed by atoms with E-state index in [1.807, 2.05) is 42.5 Å². The Balaban J connectivity index is 1.68. The summed E-state index contributed by atoms with van der Waals surface area (Å²) >= 11 is 7.88. The van der Waals surface area contributed by atoms with Crippen molar-refractivity contribution in [3.63, 3.8) is 0 Å². The predicted octanol–water partition coefficient (Wildman–Crippen LogP) is 2.08. The number of carbonyl (C=O) groups excluding carboxylic acids is 1. The predicted molar refractivity (Wildman–Crippen MR) is 135 cm³/mol. The molecule has 5 nitrogen and oxygen atoms in total. The zero-order chi connectivity index (χ0) is 23.2. The van der Waals surface area contributed by atoms with Gasteiger partial charge in [0.1, 0.15) is 43.8 Å². The van der Waals surface area contributed by atoms with E-state index in [1.54, 1.807) is 11.3 Å². The Labute approximate surface area is 204 Å². The van der Waals surface area contributed by atoms with Crippen molar-refractivity contribution in [2.24, 2.45) is 0 Å². The molecule has 1 saturated heterocycles. The molecule has 4 rings (SSSR count). The fourth-order valence-corrected chi connectivity index (χ4v) is 5.78. The van der Waals surface area contributed by atoms with Crippen LogP contribution in [-0.2, 0) is 6.42 Å². The molecular formula is C26H32ClN3O2S+2. The molecule has 1 amide bonds. The van der Waals surface area contributed by atoms with Gasteiger partial charge < -0.3 is 20.2 Å². The second-order valence-electron chi connectivity index (χ2n) is 8.54. The summed E-state index contributed by atoms with van der Waals surface area (Å²) < 4.78 is 0. The molecule has 0 radical (unpaired) electrons. The Morgan fingerprint density at radius 3 is 2.42 bits per heavy atom. The minimum absolute atomic E-state index is 0.0802. The van der Waals surface area contributed by atoms with Gasteiger partial charge in [-0.15, -0.1) is 11.3 Å². The Morgan fingerprint density at radius 1 is 1.09 bits per heavy atom. The van der Waals surface area contributed by atoms with Gasteiger partial charge in [-0.25, -0.2) is 0 Å². The van der Waals surface area contributed by atoms with Crippen LogP contribution in [0.15, 0.2) is 60.7 Å². The molecule has 0 bridgehead atoms. The van der Waals surface area contributed by atoms with Crippen molar-refractivity contribution < 1.29 is 19.7 Å². The van der Waals surface area contributed by atoms with Crippen LogP contribution in [0.25, 0.3) is 0 Å². The van der Waals surface area contributed by atoms with Gasteiger partial charge in [-0.1, -0.05) is 48.9 Å². The van der Waals surface area contributed by atoms with Crippen molar-refractivity contribution >= 4 is 33.8 Å². The summed E-state index contributed by atoms with van der Waals surface area (Å²) in [7, 11) is 0. The number of halogens is 1. The fraction of sp³-hybridized carbons (Fsp3) is 0.346. The number of rotatable bonds is 8. The van der Waals surface area contributed by atoms with Gasteiger partial charge in [0, 0.05) is 26.6 Å². The Bertz CT molecular complexity index is 1050. The van der Waals surface area contributed by atoms with Crippen LogP contribution in [0.1, 0.15) is 39.3 Å². The van der Waals surface area contributed by atoms with Crippen molar-refractivity contribution in [2.45, 2.75) is 19.4 Å². The number of hydrogen-bond acceptors (Lipinski definition) is 3. The molecular weight excluding hydrogens is 454 g/mol. The van der Waals surface area contributed by atoms with Crippen LogP contribution in [0.5, 0.6) is 0 Å². The molecule has 2 heterocycles. The monoisotopic (exact) mass is 485 g/mol. The van der Waals surface area contributed by atoms with Crippen molar-refractivity contribution in [2.75, 3.05) is 44.6 Å². The van der Waals surface area contributed by atoms with Gasteiger partial charge in [-0.3, -0.25) is 4.79 Å². The van der Waals surface area contributed by atoms with Gasteiger partial charge in [0.05, 0.1) is 6.61 Å². The summed E-state index contributed by atoms with van der Waals surface area (Å²) in [6, 6.07) is 19.9. The molecule has 1 fully saturated rings. The van der Waals surface area contributed by atoms with Crippen LogP contribution in [-0.4, -0.2) is 50.3 Å². The maximum atomic E-state index is 13.0. The standard InChI is InChI=1S/C26H30ClN3O2S/c1-2-22-18-23(26(33-22)28-25(32)20-6-4-3-5-7-20)24(19-8-10-21(27)11-9-19)30-14-12-29(13-15-30)16-17-31/h3-11,18,24,31H,2,12-17H2,1H3,(H,28,32)/p+2. The zero-order valence-electron chi connectivity index (χ0n) is 18.9. The minimum atomic E-state index is -0.0802. The summed E-state index contributed by atoms with van der Waals surface area (Å²) in [5.74, 6) is -0.0802. The molecule has 1 aromatic heterocycles. The highest BCUT2D eigenvalue weighted by Crippen LogP contribution is 2.35. The average Bonchev–Trinajstić information content (AvgIpc) is 3.24. The first-order valence-corrected chi connectivity index (χ1v) is 12.8. The van der Waals surface area contributed by atoms with Crippen LogP contribution >= 0.6 is 22.9 Å². The number of carbonyl (C=O) groups is 1. The third-order valence-electron chi connectivity index (χ3n) is 6.41. The smallest absolute Gasteiger partial charge is 0.256 e. The number of hydrogen-bond donors (Lipinski definition) is 4. The first-order chi connectivity index (χ1) is 16.1. The molecule has 0 saturated carbocycles. The van der Waals surface area contributed by atoms with Gasteiger partial charge >= 0.3 is 0 Å². The number of quaternary nitrogens is 2. The SMILES string of the molecule is CCc1cc(C(c2ccc(Cl)cc2)[NH+]2CC[NH+](CCO)CC2)c(NC(=O)c2ccccc2)s1. The fourth-order valence-electron chi connectivity index (χ4n) is 4.62. The van der Waals surface area contributed by atoms with E-state index in [-0.39, 0.29) is 18.6 Å². The summed E-state index contributed by atoms with van der Waals surface area (Å²) in [4.78, 5) is 17.2. The third-order valence-corrected chi connectivity index (χ3v) is 7.87. The lowest BCUT2D eigenvalue weighted by Gasteiger charge is -2.35. The first-order valence-electron chi connectivity index (χ1n) is 11.6. The van der Waals surface area contributed by atoms with E-state index in [4.69, 9.17) is 11.6 Å². The van der Waals surface area contributed by atoms with Gasteiger partial charge in [0.15, 0.2) is 0 Å². The molecule has 1 aliphatic heterocycles. The molecule has 1 unspecified atom stereocenters. The maximum Gasteiger partial charge on any atom is 0.256 e. The van der Waals surface area contributed by atoms with Gasteiger partial charge in [-0.2, -0.15) is 0 Å². The Hall–Kier alpha value is -2.22. The van der Waals surface area contributed by atoms with E-state index in [1.165, 1.54) is 25.8 Å². The van der Waals surface area contributed by atoms with Crippen LogP contribution in [0.3, 0.4) is 0 Å². The highest BCUT2D eigenvalue weighted by molar-refractivity contribution is 7.16. The van der Waals surface area contributed by atoms with E-state index in [0.717, 1.165) is 49.2 Å². The largest absolute Gasteiger partial charge is 0.391 e. The number of nitrogens with one attached hydrogen (secondary N) is 3. The summed E-state index contributed by atoms with van der Waals surface area (Å²) in [6.07, 6.45) is 0.927. The number of aryl methyl sites for hydroxylation is 1. The van der Waals surface area contributed by atoms with Crippen LogP contribution < -0.4 is 15.1 Å². The molecule has 1 aliphatic rings. The number of aliphatic hydroxyl groups is 1. The number of piperazine rings is 1. The molecule has 4 N–H and O–H groups in total. The zero-order valence-corrected chi connectivity index (χ0v) is 20.5. The molecule has 174 valence electrons. The quantitative estimate of drug-likeness (QED) is 0.395. The lowest BCUT2D eigenvalue weighted by atomic mass is 9.97. The average molecular weight is 486 g/mol. The van der Waals surface area contributed by atoms with Crippen LogP contribution in [0.4, 0.5) is 5.00 Å². The lowest BCUT2D eigenvalue weighted by molar-refractivity contribution is -1.02. The normalized spacial score (nSPS) is 19.2. The number of aliphatic hydroxyl groups excluding tert-OH is 1. The van der Waals surface area contributed by atoms with Gasteiger partial charge in [0.2, 0.25) is 0 Å². The maximum absolute atomic E-state index is 13.0. The topological polar surface area (TPSA) is 58.2 Å². The van der Waals surface area contributed by atoms with E-state index in [9.17, 15) is 9.90 Å². The van der Waals surface area contributed by atoms with Crippen LogP contribution in [0.2, 0.25) is 5.02 Å². The van der Waals surface area contributed by atoms with Crippen molar-refractivity contribution in [1.82, 2.24) is 0 Å². The molecule has 0 aliphatic carbocycles. The number of anilines is 1. The van der Waals surface area contributed by atoms with Crippen LogP contribution in [0, 0.1) is 0 Å². The molecule has 33 heavy (non-hydrogen) atoms. The van der Waals surface area contributed by atoms with E-state index < -0.39 is 0 Å². The number of thiophene rings is 1. The third kappa shape index (κ3) is 5.83. The molecule has 3 aromatic rings. The number of benzene rings is 2. The van der Waals surface area contributed by atoms with Crippen molar-refractivity contribution in [3.8, 4) is 0 Å².